The number of phenols is 1. The number of aromatic nitrogens is 1. The van der Waals surface area contributed by atoms with Gasteiger partial charge < -0.3 is 14.6 Å². The van der Waals surface area contributed by atoms with E-state index in [0.29, 0.717) is 21.3 Å². The first-order chi connectivity index (χ1) is 13.0. The predicted molar refractivity (Wildman–Crippen MR) is 101 cm³/mol. The number of para-hydroxylation sites is 1. The Bertz CT molecular complexity index is 909. The highest BCUT2D eigenvalue weighted by Crippen LogP contribution is 2.29. The average molecular weight is 433 g/mol. The fourth-order valence-electron chi connectivity index (χ4n) is 2.15. The van der Waals surface area contributed by atoms with Crippen molar-refractivity contribution in [2.75, 3.05) is 13.7 Å². The number of carbonyl (C=O) groups excluding carboxylic acids is 1. The van der Waals surface area contributed by atoms with Crippen molar-refractivity contribution in [3.8, 4) is 17.7 Å². The van der Waals surface area contributed by atoms with E-state index < -0.39 is 5.91 Å². The van der Waals surface area contributed by atoms with Crippen LogP contribution in [0.3, 0.4) is 0 Å². The fraction of sp³-hybridized carbons (Fsp3) is 0.222. The molecule has 27 heavy (non-hydrogen) atoms. The SMILES string of the molecule is COCc1c(Br)c(C)nc(OCC(=O)N/N=C\c2ccccc2O)c1C#N. The number of methoxy groups -OCH3 is 1. The van der Waals surface area contributed by atoms with E-state index in [9.17, 15) is 15.2 Å². The maximum Gasteiger partial charge on any atom is 0.278 e. The Hall–Kier alpha value is -2.96. The second-order valence-electron chi connectivity index (χ2n) is 5.36. The van der Waals surface area contributed by atoms with Crippen molar-refractivity contribution in [2.45, 2.75) is 13.5 Å². The van der Waals surface area contributed by atoms with Gasteiger partial charge in [0, 0.05) is 22.7 Å². The molecule has 0 aliphatic carbocycles. The third-order valence-corrected chi connectivity index (χ3v) is 4.49. The van der Waals surface area contributed by atoms with Crippen molar-refractivity contribution in [1.82, 2.24) is 10.4 Å². The molecule has 9 heteroatoms. The first-order valence-electron chi connectivity index (χ1n) is 7.78. The lowest BCUT2D eigenvalue weighted by atomic mass is 10.1. The maximum absolute atomic E-state index is 11.9. The number of pyridine rings is 1. The molecule has 0 aliphatic rings. The highest BCUT2D eigenvalue weighted by Gasteiger charge is 2.18. The molecule has 2 rings (SSSR count). The van der Waals surface area contributed by atoms with Crippen LogP contribution in [-0.2, 0) is 16.1 Å². The van der Waals surface area contributed by atoms with Crippen LogP contribution < -0.4 is 10.2 Å². The molecule has 0 fully saturated rings. The summed E-state index contributed by atoms with van der Waals surface area (Å²) in [5, 5.41) is 22.8. The summed E-state index contributed by atoms with van der Waals surface area (Å²) in [6, 6.07) is 8.59. The molecule has 140 valence electrons. The predicted octanol–water partition coefficient (Wildman–Crippen LogP) is 2.41. The molecule has 0 saturated carbocycles. The summed E-state index contributed by atoms with van der Waals surface area (Å²) in [6.45, 7) is 1.56. The second kappa shape index (κ2) is 9.66. The highest BCUT2D eigenvalue weighted by atomic mass is 79.9. The van der Waals surface area contributed by atoms with Gasteiger partial charge in [0.1, 0.15) is 17.4 Å². The van der Waals surface area contributed by atoms with Gasteiger partial charge >= 0.3 is 0 Å². The number of hydrogen-bond acceptors (Lipinski definition) is 7. The van der Waals surface area contributed by atoms with E-state index in [0.717, 1.165) is 0 Å². The van der Waals surface area contributed by atoms with Crippen molar-refractivity contribution < 1.29 is 19.4 Å². The normalized spacial score (nSPS) is 10.6. The summed E-state index contributed by atoms with van der Waals surface area (Å²) < 4.78 is 11.2. The van der Waals surface area contributed by atoms with Gasteiger partial charge in [-0.25, -0.2) is 10.4 Å². The Morgan fingerprint density at radius 1 is 1.48 bits per heavy atom. The number of nitrogens with zero attached hydrogens (tertiary/aromatic N) is 3. The van der Waals surface area contributed by atoms with E-state index in [-0.39, 0.29) is 30.4 Å². The molecule has 0 bridgehead atoms. The van der Waals surface area contributed by atoms with Crippen molar-refractivity contribution in [1.29, 1.82) is 5.26 Å². The smallest absolute Gasteiger partial charge is 0.278 e. The van der Waals surface area contributed by atoms with Gasteiger partial charge in [0.25, 0.3) is 5.91 Å². The monoisotopic (exact) mass is 432 g/mol. The van der Waals surface area contributed by atoms with Crippen LogP contribution in [-0.4, -0.2) is 35.9 Å². The summed E-state index contributed by atoms with van der Waals surface area (Å²) in [6.07, 6.45) is 1.31. The summed E-state index contributed by atoms with van der Waals surface area (Å²) in [7, 11) is 1.51. The van der Waals surface area contributed by atoms with Crippen LogP contribution in [0.2, 0.25) is 0 Å². The van der Waals surface area contributed by atoms with E-state index in [4.69, 9.17) is 9.47 Å². The standard InChI is InChI=1S/C18H17BrN4O4/c1-11-17(19)14(9-26-2)13(7-20)18(22-11)27-10-16(25)23-21-8-12-5-3-4-6-15(12)24/h3-6,8,24H,9-10H2,1-2H3,(H,23,25)/b21-8-. The van der Waals surface area contributed by atoms with Gasteiger partial charge in [-0.2, -0.15) is 10.4 Å². The molecule has 0 aliphatic heterocycles. The summed E-state index contributed by atoms with van der Waals surface area (Å²) >= 11 is 3.38. The third-order valence-electron chi connectivity index (χ3n) is 3.44. The lowest BCUT2D eigenvalue weighted by molar-refractivity contribution is -0.123. The Kier molecular flexibility index (Phi) is 7.28. The van der Waals surface area contributed by atoms with Gasteiger partial charge in [0.2, 0.25) is 5.88 Å². The van der Waals surface area contributed by atoms with Gasteiger partial charge in [0.15, 0.2) is 6.61 Å². The number of amides is 1. The van der Waals surface area contributed by atoms with Gasteiger partial charge in [-0.15, -0.1) is 0 Å². The number of hydrogen-bond donors (Lipinski definition) is 2. The molecule has 2 N–H and O–H groups in total. The number of benzene rings is 1. The molecule has 2 aromatic rings. The number of phenolic OH excluding ortho intramolecular Hbond substituents is 1. The van der Waals surface area contributed by atoms with Crippen molar-refractivity contribution >= 4 is 28.1 Å². The number of nitrogens with one attached hydrogen (secondary N) is 1. The largest absolute Gasteiger partial charge is 0.507 e. The number of rotatable bonds is 7. The van der Waals surface area contributed by atoms with Crippen LogP contribution in [0.1, 0.15) is 22.4 Å². The Morgan fingerprint density at radius 2 is 2.22 bits per heavy atom. The quantitative estimate of drug-likeness (QED) is 0.512. The van der Waals surface area contributed by atoms with Crippen molar-refractivity contribution in [2.24, 2.45) is 5.10 Å². The second-order valence-corrected chi connectivity index (χ2v) is 6.15. The van der Waals surface area contributed by atoms with E-state index >= 15 is 0 Å². The van der Waals surface area contributed by atoms with Crippen LogP contribution in [0, 0.1) is 18.3 Å². The number of hydrazone groups is 1. The Balaban J connectivity index is 2.05. The van der Waals surface area contributed by atoms with Crippen LogP contribution in [0.5, 0.6) is 11.6 Å². The van der Waals surface area contributed by atoms with Gasteiger partial charge in [-0.3, -0.25) is 4.79 Å². The van der Waals surface area contributed by atoms with Crippen LogP contribution in [0.25, 0.3) is 0 Å². The maximum atomic E-state index is 11.9. The van der Waals surface area contributed by atoms with E-state index in [1.165, 1.54) is 19.4 Å². The fourth-order valence-corrected chi connectivity index (χ4v) is 2.55. The molecule has 8 nitrogen and oxygen atoms in total. The minimum absolute atomic E-state index is 0.0464. The molecule has 1 aromatic carbocycles. The molecule has 0 unspecified atom stereocenters. The summed E-state index contributed by atoms with van der Waals surface area (Å²) in [5.41, 5.74) is 4.14. The van der Waals surface area contributed by atoms with Crippen LogP contribution >= 0.6 is 15.9 Å². The Labute approximate surface area is 164 Å². The minimum atomic E-state index is -0.541. The number of aryl methyl sites for hydroxylation is 1. The number of carbonyl (C=O) groups is 1. The molecule has 1 amide bonds. The minimum Gasteiger partial charge on any atom is -0.507 e. The molecule has 1 aromatic heterocycles. The van der Waals surface area contributed by atoms with E-state index in [2.05, 4.69) is 31.4 Å². The summed E-state index contributed by atoms with van der Waals surface area (Å²) in [5.74, 6) is -0.447. The first-order valence-corrected chi connectivity index (χ1v) is 8.58. The van der Waals surface area contributed by atoms with Gasteiger partial charge in [-0.05, 0) is 35.0 Å². The molecule has 0 radical (unpaired) electrons. The van der Waals surface area contributed by atoms with Gasteiger partial charge in [0.05, 0.1) is 18.5 Å². The van der Waals surface area contributed by atoms with Crippen LogP contribution in [0.15, 0.2) is 33.8 Å². The number of aromatic hydroxyl groups is 1. The molecule has 0 saturated heterocycles. The zero-order chi connectivity index (χ0) is 19.8. The Morgan fingerprint density at radius 3 is 2.89 bits per heavy atom. The molecule has 0 atom stereocenters. The topological polar surface area (TPSA) is 117 Å². The van der Waals surface area contributed by atoms with Crippen molar-refractivity contribution in [3.63, 3.8) is 0 Å². The zero-order valence-electron chi connectivity index (χ0n) is 14.7. The zero-order valence-corrected chi connectivity index (χ0v) is 16.3. The lowest BCUT2D eigenvalue weighted by Gasteiger charge is -2.13. The summed E-state index contributed by atoms with van der Waals surface area (Å²) in [4.78, 5) is 16.1. The third kappa shape index (κ3) is 5.26. The van der Waals surface area contributed by atoms with Crippen molar-refractivity contribution in [3.05, 3.63) is 51.1 Å². The number of halogens is 1. The first kappa shape index (κ1) is 20.4. The molecule has 1 heterocycles. The van der Waals surface area contributed by atoms with E-state index in [1.54, 1.807) is 25.1 Å². The molecular weight excluding hydrogens is 416 g/mol. The van der Waals surface area contributed by atoms with Crippen LogP contribution in [0.4, 0.5) is 0 Å². The number of nitriles is 1. The van der Waals surface area contributed by atoms with E-state index in [1.807, 2.05) is 6.07 Å². The van der Waals surface area contributed by atoms with Gasteiger partial charge in [-0.1, -0.05) is 12.1 Å². The lowest BCUT2D eigenvalue weighted by Crippen LogP contribution is -2.25. The average Bonchev–Trinajstić information content (AvgIpc) is 2.65. The number of ether oxygens (including phenoxy) is 2. The highest BCUT2D eigenvalue weighted by molar-refractivity contribution is 9.10. The molecule has 0 spiro atoms. The molecular formula is C18H17BrN4O4.